The van der Waals surface area contributed by atoms with Gasteiger partial charge >= 0.3 is 12.4 Å². The second-order valence-corrected chi connectivity index (χ2v) is 6.29. The first-order valence-corrected chi connectivity index (χ1v) is 8.42. The van der Waals surface area contributed by atoms with Crippen LogP contribution in [0.4, 0.5) is 22.4 Å². The van der Waals surface area contributed by atoms with Gasteiger partial charge in [-0.2, -0.15) is 0 Å². The minimum Gasteiger partial charge on any atom is -0.406 e. The van der Waals surface area contributed by atoms with Crippen LogP contribution in [-0.4, -0.2) is 37.9 Å². The summed E-state index contributed by atoms with van der Waals surface area (Å²) < 4.78 is 54.1. The summed E-state index contributed by atoms with van der Waals surface area (Å²) >= 11 is 0. The van der Waals surface area contributed by atoms with E-state index in [2.05, 4.69) is 15.4 Å². The van der Waals surface area contributed by atoms with Crippen molar-refractivity contribution in [2.75, 3.05) is 20.6 Å². The van der Waals surface area contributed by atoms with Crippen molar-refractivity contribution in [1.82, 2.24) is 15.5 Å². The van der Waals surface area contributed by atoms with E-state index in [1.54, 1.807) is 32.3 Å². The molecule has 0 saturated heterocycles. The van der Waals surface area contributed by atoms with E-state index >= 15 is 0 Å². The Morgan fingerprint density at radius 3 is 2.46 bits per heavy atom. The smallest absolute Gasteiger partial charge is 0.406 e. The van der Waals surface area contributed by atoms with Crippen molar-refractivity contribution < 1.29 is 27.1 Å². The first-order chi connectivity index (χ1) is 13.1. The lowest BCUT2D eigenvalue weighted by molar-refractivity contribution is -0.274. The number of carbonyl (C=O) groups is 1. The van der Waals surface area contributed by atoms with Crippen molar-refractivity contribution in [3.63, 3.8) is 0 Å². The van der Waals surface area contributed by atoms with Crippen molar-refractivity contribution in [2.24, 2.45) is 0 Å². The summed E-state index contributed by atoms with van der Waals surface area (Å²) in [5.41, 5.74) is 1.16. The summed E-state index contributed by atoms with van der Waals surface area (Å²) in [6.45, 7) is 0.243. The first-order valence-electron chi connectivity index (χ1n) is 8.42. The predicted octanol–water partition coefficient (Wildman–Crippen LogP) is 3.83. The third-order valence-electron chi connectivity index (χ3n) is 3.90. The fourth-order valence-corrected chi connectivity index (χ4v) is 2.60. The molecule has 0 bridgehead atoms. The largest absolute Gasteiger partial charge is 0.573 e. The van der Waals surface area contributed by atoms with Gasteiger partial charge in [-0.1, -0.05) is 24.3 Å². The van der Waals surface area contributed by atoms with E-state index in [-0.39, 0.29) is 30.7 Å². The molecule has 5 nitrogen and oxygen atoms in total. The van der Waals surface area contributed by atoms with Gasteiger partial charge in [0.15, 0.2) is 0 Å². The normalized spacial score (nSPS) is 12.5. The number of rotatable bonds is 7. The zero-order valence-corrected chi connectivity index (χ0v) is 15.4. The molecule has 152 valence electrons. The van der Waals surface area contributed by atoms with Crippen LogP contribution in [0.1, 0.15) is 17.2 Å². The summed E-state index contributed by atoms with van der Waals surface area (Å²) in [6, 6.07) is 10.7. The van der Waals surface area contributed by atoms with Crippen molar-refractivity contribution in [2.45, 2.75) is 18.9 Å². The van der Waals surface area contributed by atoms with E-state index in [1.807, 2.05) is 4.90 Å². The SMILES string of the molecule is CN(C)C(CNC(=O)NCc1cccc(OC(F)(F)F)c1)c1cccc(F)c1. The lowest BCUT2D eigenvalue weighted by Gasteiger charge is -2.25. The molecule has 0 fully saturated rings. The Balaban J connectivity index is 1.89. The number of alkyl halides is 3. The predicted molar refractivity (Wildman–Crippen MR) is 96.2 cm³/mol. The van der Waals surface area contributed by atoms with Gasteiger partial charge in [-0.3, -0.25) is 0 Å². The van der Waals surface area contributed by atoms with Crippen LogP contribution in [0.3, 0.4) is 0 Å². The molecule has 0 radical (unpaired) electrons. The van der Waals surface area contributed by atoms with Crippen LogP contribution in [0.2, 0.25) is 0 Å². The number of urea groups is 1. The maximum absolute atomic E-state index is 13.4. The molecule has 0 aromatic heterocycles. The van der Waals surface area contributed by atoms with Crippen molar-refractivity contribution in [3.8, 4) is 5.75 Å². The van der Waals surface area contributed by atoms with Crippen molar-refractivity contribution >= 4 is 6.03 Å². The number of likely N-dealkylation sites (N-methyl/N-ethyl adjacent to an activating group) is 1. The molecule has 2 aromatic rings. The first kappa shape index (κ1) is 21.5. The lowest BCUT2D eigenvalue weighted by Crippen LogP contribution is -2.40. The van der Waals surface area contributed by atoms with E-state index in [9.17, 15) is 22.4 Å². The average molecular weight is 399 g/mol. The Labute approximate surface area is 160 Å². The van der Waals surface area contributed by atoms with Crippen LogP contribution in [0, 0.1) is 5.82 Å². The van der Waals surface area contributed by atoms with Crippen LogP contribution in [0.15, 0.2) is 48.5 Å². The molecule has 0 saturated carbocycles. The molecule has 0 aliphatic carbocycles. The standard InChI is InChI=1S/C19H21F4N3O2/c1-26(2)17(14-6-4-7-15(20)10-14)12-25-18(27)24-11-13-5-3-8-16(9-13)28-19(21,22)23/h3-10,17H,11-12H2,1-2H3,(H2,24,25,27). The van der Waals surface area contributed by atoms with E-state index in [0.717, 1.165) is 0 Å². The van der Waals surface area contributed by atoms with Gasteiger partial charge in [-0.25, -0.2) is 9.18 Å². The number of benzene rings is 2. The fraction of sp³-hybridized carbons (Fsp3) is 0.316. The van der Waals surface area contributed by atoms with Gasteiger partial charge in [-0.05, 0) is 49.5 Å². The minimum absolute atomic E-state index is 0.0213. The van der Waals surface area contributed by atoms with Crippen molar-refractivity contribution in [3.05, 3.63) is 65.5 Å². The molecule has 1 atom stereocenters. The number of hydrogen-bond acceptors (Lipinski definition) is 3. The zero-order chi connectivity index (χ0) is 20.7. The molecule has 0 aliphatic heterocycles. The number of amides is 2. The van der Waals surface area contributed by atoms with E-state index < -0.39 is 12.4 Å². The Kier molecular flexibility index (Phi) is 7.22. The molecule has 1 unspecified atom stereocenters. The molecule has 2 amide bonds. The fourth-order valence-electron chi connectivity index (χ4n) is 2.60. The van der Waals surface area contributed by atoms with E-state index in [0.29, 0.717) is 11.1 Å². The number of hydrogen-bond donors (Lipinski definition) is 2. The maximum Gasteiger partial charge on any atom is 0.573 e. The molecule has 28 heavy (non-hydrogen) atoms. The number of halogens is 4. The van der Waals surface area contributed by atoms with Gasteiger partial charge in [0.2, 0.25) is 0 Å². The van der Waals surface area contributed by atoms with Gasteiger partial charge in [0.05, 0.1) is 6.04 Å². The minimum atomic E-state index is -4.78. The van der Waals surface area contributed by atoms with Gasteiger partial charge in [-0.15, -0.1) is 13.2 Å². The topological polar surface area (TPSA) is 53.6 Å². The Bertz CT molecular complexity index is 797. The molecule has 2 rings (SSSR count). The Morgan fingerprint density at radius 2 is 1.82 bits per heavy atom. The van der Waals surface area contributed by atoms with Crippen LogP contribution in [0.5, 0.6) is 5.75 Å². The van der Waals surface area contributed by atoms with Gasteiger partial charge in [0.25, 0.3) is 0 Å². The Hall–Kier alpha value is -2.81. The summed E-state index contributed by atoms with van der Waals surface area (Å²) in [7, 11) is 3.61. The highest BCUT2D eigenvalue weighted by molar-refractivity contribution is 5.73. The lowest BCUT2D eigenvalue weighted by atomic mass is 10.1. The molecule has 9 heteroatoms. The zero-order valence-electron chi connectivity index (χ0n) is 15.4. The number of nitrogens with zero attached hydrogens (tertiary/aromatic N) is 1. The summed E-state index contributed by atoms with van der Waals surface area (Å²) in [6.07, 6.45) is -4.78. The summed E-state index contributed by atoms with van der Waals surface area (Å²) in [5.74, 6) is -0.722. The van der Waals surface area contributed by atoms with Crippen molar-refractivity contribution in [1.29, 1.82) is 0 Å². The third-order valence-corrected chi connectivity index (χ3v) is 3.90. The average Bonchev–Trinajstić information content (AvgIpc) is 2.59. The molecular weight excluding hydrogens is 378 g/mol. The van der Waals surface area contributed by atoms with Gasteiger partial charge in [0.1, 0.15) is 11.6 Å². The van der Waals surface area contributed by atoms with Crippen LogP contribution in [-0.2, 0) is 6.54 Å². The molecule has 0 aliphatic rings. The maximum atomic E-state index is 13.4. The molecular formula is C19H21F4N3O2. The second kappa shape index (κ2) is 9.41. The molecule has 0 spiro atoms. The third kappa shape index (κ3) is 7.07. The monoisotopic (exact) mass is 399 g/mol. The molecule has 2 N–H and O–H groups in total. The molecule has 2 aromatic carbocycles. The quantitative estimate of drug-likeness (QED) is 0.696. The highest BCUT2D eigenvalue weighted by atomic mass is 19.4. The highest BCUT2D eigenvalue weighted by Crippen LogP contribution is 2.23. The van der Waals surface area contributed by atoms with E-state index in [4.69, 9.17) is 0 Å². The highest BCUT2D eigenvalue weighted by Gasteiger charge is 2.31. The Morgan fingerprint density at radius 1 is 1.11 bits per heavy atom. The summed E-state index contributed by atoms with van der Waals surface area (Å²) in [5, 5.41) is 5.25. The number of carbonyl (C=O) groups excluding carboxylic acids is 1. The van der Waals surface area contributed by atoms with E-state index in [1.165, 1.54) is 30.3 Å². The molecule has 0 heterocycles. The number of ether oxygens (including phenoxy) is 1. The van der Waals surface area contributed by atoms with Gasteiger partial charge < -0.3 is 20.3 Å². The number of nitrogens with one attached hydrogen (secondary N) is 2. The van der Waals surface area contributed by atoms with Gasteiger partial charge in [0, 0.05) is 13.1 Å². The van der Waals surface area contributed by atoms with Crippen LogP contribution in [0.25, 0.3) is 0 Å². The summed E-state index contributed by atoms with van der Waals surface area (Å²) in [4.78, 5) is 13.9. The van der Waals surface area contributed by atoms with Crippen LogP contribution < -0.4 is 15.4 Å². The second-order valence-electron chi connectivity index (χ2n) is 6.29. The van der Waals surface area contributed by atoms with Crippen LogP contribution >= 0.6 is 0 Å².